The van der Waals surface area contributed by atoms with Gasteiger partial charge in [-0.3, -0.25) is 4.79 Å². The number of carboxylic acid groups (broad SMARTS) is 1. The number of hydrogen-bond acceptors (Lipinski definition) is 7. The average molecular weight is 392 g/mol. The molecule has 3 rings (SSSR count). The maximum Gasteiger partial charge on any atom is 0.328 e. The summed E-state index contributed by atoms with van der Waals surface area (Å²) in [5, 5.41) is 12.8. The first kappa shape index (κ1) is 19.5. The van der Waals surface area contributed by atoms with E-state index >= 15 is 0 Å². The lowest BCUT2D eigenvalue weighted by Gasteiger charge is -2.33. The van der Waals surface area contributed by atoms with Crippen molar-refractivity contribution < 1.29 is 19.4 Å². The van der Waals surface area contributed by atoms with Gasteiger partial charge in [0.2, 0.25) is 5.91 Å². The Morgan fingerprint density at radius 3 is 2.70 bits per heavy atom. The molecule has 2 aromatic heterocycles. The second-order valence-electron chi connectivity index (χ2n) is 6.78. The van der Waals surface area contributed by atoms with Crippen LogP contribution in [0.1, 0.15) is 23.3 Å². The smallest absolute Gasteiger partial charge is 0.328 e. The molecule has 0 spiro atoms. The molecule has 3 heterocycles. The third-order valence-corrected chi connectivity index (χ3v) is 6.17. The zero-order valence-corrected chi connectivity index (χ0v) is 16.5. The highest BCUT2D eigenvalue weighted by Crippen LogP contribution is 2.35. The summed E-state index contributed by atoms with van der Waals surface area (Å²) in [4.78, 5) is 36.9. The van der Waals surface area contributed by atoms with E-state index in [0.717, 1.165) is 16.0 Å². The number of fused-ring (bicyclic) bond motifs is 1. The highest BCUT2D eigenvalue weighted by Gasteiger charge is 2.30. The second kappa shape index (κ2) is 8.18. The molecule has 146 valence electrons. The fourth-order valence-electron chi connectivity index (χ4n) is 3.39. The number of carboxylic acids is 1. The number of anilines is 1. The maximum atomic E-state index is 12.4. The molecular formula is C18H24N4O4S. The standard InChI is InChI=1S/C18H24N4O4S/c1-10-11(2)27-17-14(10)15(19-9-20-17)22-6-4-12(5-7-22)16(23)21-13(8-26-3)18(24)25/h9,12-13H,4-8H2,1-3H3,(H,21,23)(H,24,25). The summed E-state index contributed by atoms with van der Waals surface area (Å²) in [5.41, 5.74) is 1.20. The number of nitrogens with zero attached hydrogens (tertiary/aromatic N) is 3. The number of carbonyl (C=O) groups excluding carboxylic acids is 1. The van der Waals surface area contributed by atoms with E-state index in [-0.39, 0.29) is 18.4 Å². The topological polar surface area (TPSA) is 105 Å². The summed E-state index contributed by atoms with van der Waals surface area (Å²) in [6.07, 6.45) is 2.89. The molecule has 0 aromatic carbocycles. The third kappa shape index (κ3) is 4.03. The number of hydrogen-bond donors (Lipinski definition) is 2. The summed E-state index contributed by atoms with van der Waals surface area (Å²) in [6.45, 7) is 5.51. The molecule has 1 atom stereocenters. The monoisotopic (exact) mass is 392 g/mol. The van der Waals surface area contributed by atoms with Crippen molar-refractivity contribution in [2.24, 2.45) is 5.92 Å². The molecule has 0 radical (unpaired) electrons. The fourth-order valence-corrected chi connectivity index (χ4v) is 4.38. The van der Waals surface area contributed by atoms with Gasteiger partial charge in [0.15, 0.2) is 6.04 Å². The van der Waals surface area contributed by atoms with Crippen LogP contribution in [-0.4, -0.2) is 59.8 Å². The van der Waals surface area contributed by atoms with Crippen LogP contribution in [0, 0.1) is 19.8 Å². The number of piperidine rings is 1. The lowest BCUT2D eigenvalue weighted by atomic mass is 9.95. The molecule has 2 N–H and O–H groups in total. The molecule has 1 aliphatic rings. The highest BCUT2D eigenvalue weighted by atomic mass is 32.1. The molecule has 8 nitrogen and oxygen atoms in total. The van der Waals surface area contributed by atoms with Gasteiger partial charge in [-0.2, -0.15) is 0 Å². The SMILES string of the molecule is COCC(NC(=O)C1CCN(c2ncnc3sc(C)c(C)c23)CC1)C(=O)O. The Balaban J connectivity index is 1.67. The minimum atomic E-state index is -1.09. The van der Waals surface area contributed by atoms with Gasteiger partial charge >= 0.3 is 5.97 Å². The normalized spacial score (nSPS) is 16.5. The molecule has 9 heteroatoms. The van der Waals surface area contributed by atoms with Crippen molar-refractivity contribution in [1.29, 1.82) is 0 Å². The maximum absolute atomic E-state index is 12.4. The molecule has 1 fully saturated rings. The molecule has 2 aromatic rings. The molecule has 1 aliphatic heterocycles. The van der Waals surface area contributed by atoms with E-state index in [0.29, 0.717) is 25.9 Å². The van der Waals surface area contributed by atoms with Gasteiger partial charge in [-0.25, -0.2) is 14.8 Å². The van der Waals surface area contributed by atoms with Crippen LogP contribution in [0.25, 0.3) is 10.2 Å². The molecule has 1 amide bonds. The Hall–Kier alpha value is -2.26. The van der Waals surface area contributed by atoms with Crippen LogP contribution >= 0.6 is 11.3 Å². The van der Waals surface area contributed by atoms with Crippen LogP contribution in [0.2, 0.25) is 0 Å². The van der Waals surface area contributed by atoms with E-state index < -0.39 is 12.0 Å². The molecule has 0 bridgehead atoms. The highest BCUT2D eigenvalue weighted by molar-refractivity contribution is 7.18. The Bertz CT molecular complexity index is 845. The predicted molar refractivity (Wildman–Crippen MR) is 103 cm³/mol. The number of amides is 1. The van der Waals surface area contributed by atoms with E-state index in [2.05, 4.69) is 34.0 Å². The van der Waals surface area contributed by atoms with Crippen molar-refractivity contribution >= 4 is 39.2 Å². The summed E-state index contributed by atoms with van der Waals surface area (Å²) < 4.78 is 4.87. The van der Waals surface area contributed by atoms with Gasteiger partial charge in [-0.15, -0.1) is 11.3 Å². The Morgan fingerprint density at radius 2 is 2.07 bits per heavy atom. The van der Waals surface area contributed by atoms with Crippen molar-refractivity contribution in [3.05, 3.63) is 16.8 Å². The van der Waals surface area contributed by atoms with Crippen molar-refractivity contribution in [3.63, 3.8) is 0 Å². The quantitative estimate of drug-likeness (QED) is 0.771. The number of ether oxygens (including phenoxy) is 1. The first-order chi connectivity index (χ1) is 12.9. The van der Waals surface area contributed by atoms with E-state index in [1.165, 1.54) is 17.6 Å². The second-order valence-corrected chi connectivity index (χ2v) is 7.98. The minimum Gasteiger partial charge on any atom is -0.480 e. The van der Waals surface area contributed by atoms with Gasteiger partial charge in [0.05, 0.1) is 12.0 Å². The van der Waals surface area contributed by atoms with Gasteiger partial charge in [-0.1, -0.05) is 0 Å². The number of thiophene rings is 1. The molecular weight excluding hydrogens is 368 g/mol. The van der Waals surface area contributed by atoms with E-state index in [4.69, 9.17) is 9.84 Å². The molecule has 1 unspecified atom stereocenters. The first-order valence-corrected chi connectivity index (χ1v) is 9.71. The number of methoxy groups -OCH3 is 1. The number of rotatable bonds is 6. The average Bonchev–Trinajstić information content (AvgIpc) is 2.95. The van der Waals surface area contributed by atoms with E-state index in [1.807, 2.05) is 0 Å². The largest absolute Gasteiger partial charge is 0.480 e. The number of aliphatic carboxylic acids is 1. The van der Waals surface area contributed by atoms with Crippen LogP contribution in [0.4, 0.5) is 5.82 Å². The van der Waals surface area contributed by atoms with Gasteiger partial charge < -0.3 is 20.1 Å². The fraction of sp³-hybridized carbons (Fsp3) is 0.556. The number of nitrogens with one attached hydrogen (secondary N) is 1. The van der Waals surface area contributed by atoms with Gasteiger partial charge in [0.25, 0.3) is 0 Å². The number of carbonyl (C=O) groups is 2. The summed E-state index contributed by atoms with van der Waals surface area (Å²) >= 11 is 1.67. The van der Waals surface area contributed by atoms with Crippen LogP contribution in [0.3, 0.4) is 0 Å². The molecule has 0 aliphatic carbocycles. The number of aromatic nitrogens is 2. The minimum absolute atomic E-state index is 0.0460. The lowest BCUT2D eigenvalue weighted by molar-refractivity contribution is -0.144. The van der Waals surface area contributed by atoms with Crippen LogP contribution in [0.5, 0.6) is 0 Å². The Kier molecular flexibility index (Phi) is 5.91. The zero-order valence-electron chi connectivity index (χ0n) is 15.7. The number of aryl methyl sites for hydroxylation is 2. The van der Waals surface area contributed by atoms with Crippen molar-refractivity contribution in [1.82, 2.24) is 15.3 Å². The summed E-state index contributed by atoms with van der Waals surface area (Å²) in [7, 11) is 1.41. The van der Waals surface area contributed by atoms with Crippen LogP contribution < -0.4 is 10.2 Å². The molecule has 0 saturated carbocycles. The molecule has 1 saturated heterocycles. The molecule has 27 heavy (non-hydrogen) atoms. The van der Waals surface area contributed by atoms with Gasteiger partial charge in [-0.05, 0) is 32.3 Å². The lowest BCUT2D eigenvalue weighted by Crippen LogP contribution is -2.48. The van der Waals surface area contributed by atoms with Gasteiger partial charge in [0.1, 0.15) is 17.0 Å². The third-order valence-electron chi connectivity index (χ3n) is 5.06. The summed E-state index contributed by atoms with van der Waals surface area (Å²) in [6, 6.07) is -1.02. The van der Waals surface area contributed by atoms with E-state index in [9.17, 15) is 9.59 Å². The predicted octanol–water partition coefficient (Wildman–Crippen LogP) is 1.74. The Morgan fingerprint density at radius 1 is 1.37 bits per heavy atom. The zero-order chi connectivity index (χ0) is 19.6. The van der Waals surface area contributed by atoms with Crippen molar-refractivity contribution in [2.75, 3.05) is 31.7 Å². The van der Waals surface area contributed by atoms with E-state index in [1.54, 1.807) is 17.7 Å². The Labute approximate surface area is 161 Å². The van der Waals surface area contributed by atoms with Crippen LogP contribution in [0.15, 0.2) is 6.33 Å². The summed E-state index contributed by atoms with van der Waals surface area (Å²) in [5.74, 6) is -0.602. The van der Waals surface area contributed by atoms with Crippen molar-refractivity contribution in [2.45, 2.75) is 32.7 Å². The first-order valence-electron chi connectivity index (χ1n) is 8.90. The van der Waals surface area contributed by atoms with Gasteiger partial charge in [0, 0.05) is 31.0 Å². The van der Waals surface area contributed by atoms with Crippen molar-refractivity contribution in [3.8, 4) is 0 Å². The van der Waals surface area contributed by atoms with Crippen LogP contribution in [-0.2, 0) is 14.3 Å².